The lowest BCUT2D eigenvalue weighted by Crippen LogP contribution is -2.59. The van der Waals surface area contributed by atoms with Gasteiger partial charge in [-0.05, 0) is 31.0 Å². The minimum atomic E-state index is 0.0465. The predicted molar refractivity (Wildman–Crippen MR) is 103 cm³/mol. The summed E-state index contributed by atoms with van der Waals surface area (Å²) >= 11 is 5.94. The molecule has 1 heterocycles. The van der Waals surface area contributed by atoms with E-state index in [1.54, 1.807) is 12.1 Å². The highest BCUT2D eigenvalue weighted by molar-refractivity contribution is 6.30. The van der Waals surface area contributed by atoms with Crippen molar-refractivity contribution in [3.05, 3.63) is 29.3 Å². The number of carbonyl (C=O) groups is 1. The maximum Gasteiger partial charge on any atom is 0.223 e. The van der Waals surface area contributed by atoms with Gasteiger partial charge >= 0.3 is 0 Å². The second-order valence-electron chi connectivity index (χ2n) is 7.22. The van der Waals surface area contributed by atoms with Crippen molar-refractivity contribution < 1.29 is 14.3 Å². The van der Waals surface area contributed by atoms with Crippen LogP contribution in [-0.4, -0.2) is 55.8 Å². The van der Waals surface area contributed by atoms with Crippen LogP contribution in [0.3, 0.4) is 0 Å². The molecule has 3 rings (SSSR count). The number of benzene rings is 1. The van der Waals surface area contributed by atoms with E-state index in [2.05, 4.69) is 10.2 Å². The molecule has 1 saturated carbocycles. The second kappa shape index (κ2) is 9.58. The van der Waals surface area contributed by atoms with E-state index in [0.29, 0.717) is 23.8 Å². The molecule has 26 heavy (non-hydrogen) atoms. The summed E-state index contributed by atoms with van der Waals surface area (Å²) in [5.41, 5.74) is 0.103. The van der Waals surface area contributed by atoms with Gasteiger partial charge in [0.25, 0.3) is 0 Å². The molecule has 1 N–H and O–H groups in total. The first-order chi connectivity index (χ1) is 12.7. The molecule has 2 fully saturated rings. The third-order valence-corrected chi connectivity index (χ3v) is 5.71. The van der Waals surface area contributed by atoms with Crippen molar-refractivity contribution in [1.82, 2.24) is 10.2 Å². The number of amides is 1. The van der Waals surface area contributed by atoms with Crippen LogP contribution in [0.25, 0.3) is 0 Å². The zero-order chi connectivity index (χ0) is 18.2. The average molecular weight is 381 g/mol. The van der Waals surface area contributed by atoms with Gasteiger partial charge in [0.15, 0.2) is 0 Å². The van der Waals surface area contributed by atoms with Crippen LogP contribution < -0.4 is 10.1 Å². The van der Waals surface area contributed by atoms with Gasteiger partial charge in [-0.15, -0.1) is 0 Å². The van der Waals surface area contributed by atoms with E-state index in [-0.39, 0.29) is 11.4 Å². The summed E-state index contributed by atoms with van der Waals surface area (Å²) in [5, 5.41) is 3.80. The first kappa shape index (κ1) is 19.5. The molecule has 2 aliphatic rings. The number of carbonyl (C=O) groups excluding carboxylic acids is 1. The molecule has 1 aliphatic carbocycles. The number of hydrogen-bond donors (Lipinski definition) is 1. The molecule has 0 radical (unpaired) electrons. The molecule has 6 heteroatoms. The first-order valence-corrected chi connectivity index (χ1v) is 10.0. The average Bonchev–Trinajstić information content (AvgIpc) is 2.68. The number of nitrogens with one attached hydrogen (secondary N) is 1. The maximum atomic E-state index is 12.3. The van der Waals surface area contributed by atoms with E-state index in [1.165, 1.54) is 19.3 Å². The van der Waals surface area contributed by atoms with Gasteiger partial charge in [-0.2, -0.15) is 0 Å². The van der Waals surface area contributed by atoms with Gasteiger partial charge in [0.05, 0.1) is 26.2 Å². The molecule has 0 aromatic heterocycles. The largest absolute Gasteiger partial charge is 0.493 e. The van der Waals surface area contributed by atoms with E-state index in [4.69, 9.17) is 21.1 Å². The van der Waals surface area contributed by atoms with E-state index >= 15 is 0 Å². The van der Waals surface area contributed by atoms with Crippen molar-refractivity contribution in [3.63, 3.8) is 0 Å². The van der Waals surface area contributed by atoms with Crippen LogP contribution >= 0.6 is 11.6 Å². The number of morpholine rings is 1. The molecule has 0 spiro atoms. The molecule has 1 aromatic rings. The Balaban J connectivity index is 1.46. The Morgan fingerprint density at radius 2 is 2.00 bits per heavy atom. The van der Waals surface area contributed by atoms with E-state index in [0.717, 1.165) is 45.7 Å². The van der Waals surface area contributed by atoms with Gasteiger partial charge in [0, 0.05) is 30.2 Å². The molecular formula is C20H29ClN2O3. The van der Waals surface area contributed by atoms with Gasteiger partial charge < -0.3 is 14.8 Å². The number of nitrogens with zero attached hydrogens (tertiary/aromatic N) is 1. The third kappa shape index (κ3) is 5.35. The first-order valence-electron chi connectivity index (χ1n) is 9.66. The lowest BCUT2D eigenvalue weighted by molar-refractivity contribution is -0.122. The zero-order valence-electron chi connectivity index (χ0n) is 15.3. The molecule has 1 aliphatic heterocycles. The second-order valence-corrected chi connectivity index (χ2v) is 7.65. The Labute approximate surface area is 161 Å². The van der Waals surface area contributed by atoms with Gasteiger partial charge in [-0.1, -0.05) is 36.9 Å². The fourth-order valence-corrected chi connectivity index (χ4v) is 4.20. The molecule has 144 valence electrons. The predicted octanol–water partition coefficient (Wildman–Crippen LogP) is 3.26. The summed E-state index contributed by atoms with van der Waals surface area (Å²) in [5.74, 6) is 0.743. The molecular weight excluding hydrogens is 352 g/mol. The van der Waals surface area contributed by atoms with Gasteiger partial charge in [0.2, 0.25) is 5.91 Å². The van der Waals surface area contributed by atoms with Crippen molar-refractivity contribution in [2.75, 3.05) is 39.5 Å². The van der Waals surface area contributed by atoms with Crippen LogP contribution in [0.4, 0.5) is 0 Å². The third-order valence-electron chi connectivity index (χ3n) is 5.47. The highest BCUT2D eigenvalue weighted by atomic mass is 35.5. The number of halogens is 1. The smallest absolute Gasteiger partial charge is 0.223 e. The topological polar surface area (TPSA) is 50.8 Å². The van der Waals surface area contributed by atoms with Gasteiger partial charge in [-0.3, -0.25) is 9.69 Å². The van der Waals surface area contributed by atoms with Gasteiger partial charge in [0.1, 0.15) is 5.75 Å². The molecule has 0 unspecified atom stereocenters. The van der Waals surface area contributed by atoms with Crippen molar-refractivity contribution in [2.24, 2.45) is 0 Å². The summed E-state index contributed by atoms with van der Waals surface area (Å²) in [6, 6.07) is 7.25. The van der Waals surface area contributed by atoms with E-state index in [9.17, 15) is 4.79 Å². The maximum absolute atomic E-state index is 12.3. The lowest BCUT2D eigenvalue weighted by atomic mass is 9.79. The van der Waals surface area contributed by atoms with Gasteiger partial charge in [-0.25, -0.2) is 0 Å². The highest BCUT2D eigenvalue weighted by Gasteiger charge is 2.38. The van der Waals surface area contributed by atoms with Crippen LogP contribution in [0.2, 0.25) is 5.02 Å². The van der Waals surface area contributed by atoms with E-state index in [1.807, 2.05) is 12.1 Å². The number of ether oxygens (including phenoxy) is 2. The van der Waals surface area contributed by atoms with Crippen molar-refractivity contribution in [3.8, 4) is 5.75 Å². The Kier molecular flexibility index (Phi) is 7.17. The van der Waals surface area contributed by atoms with Crippen molar-refractivity contribution in [2.45, 2.75) is 44.1 Å². The minimum Gasteiger partial charge on any atom is -0.493 e. The summed E-state index contributed by atoms with van der Waals surface area (Å²) in [4.78, 5) is 14.8. The summed E-state index contributed by atoms with van der Waals surface area (Å²) < 4.78 is 11.1. The summed E-state index contributed by atoms with van der Waals surface area (Å²) in [7, 11) is 0. The lowest BCUT2D eigenvalue weighted by Gasteiger charge is -2.48. The SMILES string of the molecule is O=C(CCOc1cccc(Cl)c1)NCC1(N2CCOCC2)CCCCC1. The Morgan fingerprint density at radius 1 is 1.23 bits per heavy atom. The molecule has 5 nitrogen and oxygen atoms in total. The molecule has 1 aromatic carbocycles. The molecule has 1 amide bonds. The fourth-order valence-electron chi connectivity index (χ4n) is 4.02. The Morgan fingerprint density at radius 3 is 2.73 bits per heavy atom. The monoisotopic (exact) mass is 380 g/mol. The van der Waals surface area contributed by atoms with Crippen LogP contribution in [-0.2, 0) is 9.53 Å². The van der Waals surface area contributed by atoms with Crippen LogP contribution in [0.15, 0.2) is 24.3 Å². The van der Waals surface area contributed by atoms with Crippen LogP contribution in [0.1, 0.15) is 38.5 Å². The Bertz CT molecular complexity index is 584. The number of hydrogen-bond acceptors (Lipinski definition) is 4. The van der Waals surface area contributed by atoms with Crippen molar-refractivity contribution in [1.29, 1.82) is 0 Å². The fraction of sp³-hybridized carbons (Fsp3) is 0.650. The quantitative estimate of drug-likeness (QED) is 0.788. The molecule has 0 bridgehead atoms. The Hall–Kier alpha value is -1.30. The molecule has 0 atom stereocenters. The minimum absolute atomic E-state index is 0.0465. The standard InChI is InChI=1S/C20H29ClN2O3/c21-17-5-4-6-18(15-17)26-12-7-19(24)22-16-20(8-2-1-3-9-20)23-10-13-25-14-11-23/h4-6,15H,1-3,7-14,16H2,(H,22,24). The summed E-state index contributed by atoms with van der Waals surface area (Å²) in [6.07, 6.45) is 6.45. The number of rotatable bonds is 7. The normalized spacial score (nSPS) is 20.5. The highest BCUT2D eigenvalue weighted by Crippen LogP contribution is 2.33. The van der Waals surface area contributed by atoms with Crippen LogP contribution in [0, 0.1) is 0 Å². The summed E-state index contributed by atoms with van der Waals surface area (Å²) in [6.45, 7) is 4.60. The van der Waals surface area contributed by atoms with E-state index < -0.39 is 0 Å². The van der Waals surface area contributed by atoms with Crippen molar-refractivity contribution >= 4 is 17.5 Å². The van der Waals surface area contributed by atoms with Crippen LogP contribution in [0.5, 0.6) is 5.75 Å². The molecule has 1 saturated heterocycles. The zero-order valence-corrected chi connectivity index (χ0v) is 16.1.